The van der Waals surface area contributed by atoms with Crippen molar-refractivity contribution in [1.29, 1.82) is 0 Å². The summed E-state index contributed by atoms with van der Waals surface area (Å²) in [5, 5.41) is 9.70. The summed E-state index contributed by atoms with van der Waals surface area (Å²) in [5.41, 5.74) is 11.7. The van der Waals surface area contributed by atoms with Crippen molar-refractivity contribution in [2.24, 2.45) is 0 Å². The van der Waals surface area contributed by atoms with E-state index in [9.17, 15) is 0 Å². The van der Waals surface area contributed by atoms with Gasteiger partial charge in [0.25, 0.3) is 0 Å². The van der Waals surface area contributed by atoms with E-state index in [0.717, 1.165) is 22.7 Å². The van der Waals surface area contributed by atoms with E-state index >= 15 is 0 Å². The fraction of sp³-hybridized carbons (Fsp3) is 0. The predicted molar refractivity (Wildman–Crippen MR) is 257 cm³/mol. The second-order valence-corrected chi connectivity index (χ2v) is 15.2. The van der Waals surface area contributed by atoms with Crippen LogP contribution in [0.4, 0.5) is 34.1 Å². The third kappa shape index (κ3) is 5.97. The SMILES string of the molecule is c1ccc(N(c2ccccc2)c2c3ccccc3c(-c3ccc(-c4c5ccccc5c(N(c5ccccc5)c5ccccc5)c5ccccc45)cc3)c3ccccc23)cc1. The van der Waals surface area contributed by atoms with E-state index in [4.69, 9.17) is 0 Å². The minimum atomic E-state index is 1.12. The van der Waals surface area contributed by atoms with Crippen LogP contribution in [0.1, 0.15) is 0 Å². The highest BCUT2D eigenvalue weighted by atomic mass is 15.2. The summed E-state index contributed by atoms with van der Waals surface area (Å²) in [6.45, 7) is 0. The number of hydrogen-bond donors (Lipinski definition) is 0. The lowest BCUT2D eigenvalue weighted by molar-refractivity contribution is 1.31. The second kappa shape index (κ2) is 15.1. The van der Waals surface area contributed by atoms with E-state index in [1.165, 1.54) is 76.7 Å². The standard InChI is InChI=1S/C58H40N2/c1-5-21-43(22-6-1)59(44-23-7-2-8-24-44)57-51-33-17-13-29-47(51)55(48-30-14-18-34-52(48)57)41-37-39-42(40-38-41)56-49-31-15-19-35-53(49)58(54-36-20-16-32-50(54)56)60(45-25-9-3-10-26-45)46-27-11-4-12-28-46/h1-40H. The van der Waals surface area contributed by atoms with Crippen molar-refractivity contribution in [3.05, 3.63) is 243 Å². The van der Waals surface area contributed by atoms with E-state index < -0.39 is 0 Å². The van der Waals surface area contributed by atoms with Crippen LogP contribution in [0.15, 0.2) is 243 Å². The van der Waals surface area contributed by atoms with Crippen molar-refractivity contribution in [3.63, 3.8) is 0 Å². The van der Waals surface area contributed by atoms with E-state index in [1.54, 1.807) is 0 Å². The molecule has 0 fully saturated rings. The van der Waals surface area contributed by atoms with Crippen LogP contribution in [-0.2, 0) is 0 Å². The molecule has 0 aliphatic carbocycles. The lowest BCUT2D eigenvalue weighted by Crippen LogP contribution is -2.11. The number of benzene rings is 11. The van der Waals surface area contributed by atoms with Gasteiger partial charge in [0.15, 0.2) is 0 Å². The van der Waals surface area contributed by atoms with Gasteiger partial charge in [-0.05, 0) is 92.3 Å². The van der Waals surface area contributed by atoms with Gasteiger partial charge < -0.3 is 9.80 Å². The van der Waals surface area contributed by atoms with Crippen LogP contribution in [0.3, 0.4) is 0 Å². The largest absolute Gasteiger partial charge is 0.309 e. The highest BCUT2D eigenvalue weighted by Crippen LogP contribution is 2.50. The Morgan fingerprint density at radius 3 is 0.617 bits per heavy atom. The maximum atomic E-state index is 2.41. The molecule has 11 aromatic carbocycles. The van der Waals surface area contributed by atoms with E-state index in [2.05, 4.69) is 252 Å². The Morgan fingerprint density at radius 1 is 0.183 bits per heavy atom. The molecule has 0 saturated heterocycles. The van der Waals surface area contributed by atoms with Crippen molar-refractivity contribution >= 4 is 77.2 Å². The van der Waals surface area contributed by atoms with E-state index in [1.807, 2.05) is 0 Å². The zero-order chi connectivity index (χ0) is 39.8. The molecule has 0 amide bonds. The van der Waals surface area contributed by atoms with Gasteiger partial charge >= 0.3 is 0 Å². The third-order valence-corrected chi connectivity index (χ3v) is 11.8. The average molecular weight is 765 g/mol. The quantitative estimate of drug-likeness (QED) is 0.142. The minimum Gasteiger partial charge on any atom is -0.309 e. The number of fused-ring (bicyclic) bond motifs is 4. The summed E-state index contributed by atoms with van der Waals surface area (Å²) in [7, 11) is 0. The predicted octanol–water partition coefficient (Wildman–Crippen LogP) is 16.6. The molecule has 0 heterocycles. The maximum Gasteiger partial charge on any atom is 0.0618 e. The number of hydrogen-bond acceptors (Lipinski definition) is 2. The molecule has 0 unspecified atom stereocenters. The Labute approximate surface area is 350 Å². The molecule has 0 aromatic heterocycles. The minimum absolute atomic E-state index is 1.12. The lowest BCUT2D eigenvalue weighted by Gasteiger charge is -2.29. The Hall–Kier alpha value is -7.94. The van der Waals surface area contributed by atoms with Gasteiger partial charge in [-0.3, -0.25) is 0 Å². The van der Waals surface area contributed by atoms with Gasteiger partial charge in [0, 0.05) is 44.3 Å². The molecule has 11 aromatic rings. The van der Waals surface area contributed by atoms with Crippen LogP contribution < -0.4 is 9.80 Å². The Balaban J connectivity index is 1.12. The number of anilines is 6. The summed E-state index contributed by atoms with van der Waals surface area (Å²) in [6, 6.07) is 87.8. The highest BCUT2D eigenvalue weighted by Gasteiger charge is 2.24. The summed E-state index contributed by atoms with van der Waals surface area (Å²) in [5.74, 6) is 0. The molecule has 60 heavy (non-hydrogen) atoms. The Kier molecular flexibility index (Phi) is 8.87. The molecule has 282 valence electrons. The van der Waals surface area contributed by atoms with Crippen LogP contribution in [0, 0.1) is 0 Å². The molecular formula is C58H40N2. The average Bonchev–Trinajstić information content (AvgIpc) is 3.33. The molecule has 0 radical (unpaired) electrons. The molecule has 0 saturated carbocycles. The van der Waals surface area contributed by atoms with Crippen molar-refractivity contribution in [2.45, 2.75) is 0 Å². The van der Waals surface area contributed by atoms with Crippen LogP contribution in [0.5, 0.6) is 0 Å². The highest BCUT2D eigenvalue weighted by molar-refractivity contribution is 6.24. The van der Waals surface area contributed by atoms with Gasteiger partial charge in [0.05, 0.1) is 11.4 Å². The maximum absolute atomic E-state index is 2.41. The fourth-order valence-electron chi connectivity index (χ4n) is 9.24. The molecule has 0 bridgehead atoms. The molecular weight excluding hydrogens is 725 g/mol. The smallest absolute Gasteiger partial charge is 0.0618 e. The zero-order valence-electron chi connectivity index (χ0n) is 33.0. The molecule has 11 rings (SSSR count). The number of rotatable bonds is 8. The summed E-state index contributed by atoms with van der Waals surface area (Å²) in [4.78, 5) is 4.82. The monoisotopic (exact) mass is 764 g/mol. The Morgan fingerprint density at radius 2 is 0.383 bits per heavy atom. The van der Waals surface area contributed by atoms with E-state index in [0.29, 0.717) is 0 Å². The van der Waals surface area contributed by atoms with Crippen LogP contribution >= 0.6 is 0 Å². The van der Waals surface area contributed by atoms with Crippen molar-refractivity contribution in [1.82, 2.24) is 0 Å². The molecule has 0 aliphatic rings. The lowest BCUT2D eigenvalue weighted by atomic mass is 9.87. The zero-order valence-corrected chi connectivity index (χ0v) is 33.0. The van der Waals surface area contributed by atoms with Gasteiger partial charge in [0.1, 0.15) is 0 Å². The third-order valence-electron chi connectivity index (χ3n) is 11.8. The van der Waals surface area contributed by atoms with Crippen molar-refractivity contribution < 1.29 is 0 Å². The van der Waals surface area contributed by atoms with Gasteiger partial charge in [-0.15, -0.1) is 0 Å². The first kappa shape index (κ1) is 35.2. The van der Waals surface area contributed by atoms with Crippen LogP contribution in [0.2, 0.25) is 0 Å². The van der Waals surface area contributed by atoms with Gasteiger partial charge in [-0.1, -0.05) is 194 Å². The first-order valence-electron chi connectivity index (χ1n) is 20.6. The molecule has 0 aliphatic heterocycles. The van der Waals surface area contributed by atoms with Gasteiger partial charge in [0.2, 0.25) is 0 Å². The first-order chi connectivity index (χ1) is 29.8. The molecule has 0 N–H and O–H groups in total. The summed E-state index contributed by atoms with van der Waals surface area (Å²) < 4.78 is 0. The van der Waals surface area contributed by atoms with Gasteiger partial charge in [-0.25, -0.2) is 0 Å². The van der Waals surface area contributed by atoms with Crippen LogP contribution in [-0.4, -0.2) is 0 Å². The first-order valence-corrected chi connectivity index (χ1v) is 20.6. The van der Waals surface area contributed by atoms with Gasteiger partial charge in [-0.2, -0.15) is 0 Å². The van der Waals surface area contributed by atoms with Crippen LogP contribution in [0.25, 0.3) is 65.3 Å². The van der Waals surface area contributed by atoms with E-state index in [-0.39, 0.29) is 0 Å². The van der Waals surface area contributed by atoms with Crippen molar-refractivity contribution in [2.75, 3.05) is 9.80 Å². The number of para-hydroxylation sites is 4. The second-order valence-electron chi connectivity index (χ2n) is 15.2. The normalized spacial score (nSPS) is 11.3. The molecule has 2 heteroatoms. The number of nitrogens with zero attached hydrogens (tertiary/aromatic N) is 2. The topological polar surface area (TPSA) is 6.48 Å². The fourth-order valence-corrected chi connectivity index (χ4v) is 9.24. The summed E-state index contributed by atoms with van der Waals surface area (Å²) >= 11 is 0. The van der Waals surface area contributed by atoms with Crippen molar-refractivity contribution in [3.8, 4) is 22.3 Å². The Bertz CT molecular complexity index is 2870. The molecule has 0 atom stereocenters. The summed E-state index contributed by atoms with van der Waals surface area (Å²) in [6.07, 6.45) is 0. The molecule has 2 nitrogen and oxygen atoms in total. The molecule has 0 spiro atoms.